The summed E-state index contributed by atoms with van der Waals surface area (Å²) in [6.07, 6.45) is 3.83. The van der Waals surface area contributed by atoms with Crippen molar-refractivity contribution in [1.82, 2.24) is 9.97 Å². The molecule has 0 unspecified atom stereocenters. The molecule has 2 heterocycles. The van der Waals surface area contributed by atoms with E-state index in [-0.39, 0.29) is 20.7 Å². The van der Waals surface area contributed by atoms with Crippen LogP contribution in [0.25, 0.3) is 0 Å². The lowest BCUT2D eigenvalue weighted by Gasteiger charge is -2.02. The lowest BCUT2D eigenvalue weighted by atomic mass is 10.3. The van der Waals surface area contributed by atoms with Crippen molar-refractivity contribution in [3.05, 3.63) is 45.4 Å². The Balaban J connectivity index is 2.16. The number of hydrogen-bond donors (Lipinski definition) is 1. The third-order valence-corrected chi connectivity index (χ3v) is 3.10. The predicted molar refractivity (Wildman–Crippen MR) is 66.0 cm³/mol. The molecule has 0 bridgehead atoms. The Labute approximate surface area is 110 Å². The Hall–Kier alpha value is -2.06. The first-order valence-electron chi connectivity index (χ1n) is 4.59. The van der Waals surface area contributed by atoms with Crippen molar-refractivity contribution >= 4 is 39.0 Å². The largest absolute Gasteiger partial charge is 0.345 e. The second-order valence-corrected chi connectivity index (χ2v) is 4.49. The monoisotopic (exact) mass is 284 g/mol. The summed E-state index contributed by atoms with van der Waals surface area (Å²) in [4.78, 5) is 29.1. The van der Waals surface area contributed by atoms with Crippen molar-refractivity contribution in [3.63, 3.8) is 0 Å². The van der Waals surface area contributed by atoms with Crippen LogP contribution in [0.4, 0.5) is 10.1 Å². The van der Waals surface area contributed by atoms with Gasteiger partial charge in [0.25, 0.3) is 5.91 Å². The second kappa shape index (κ2) is 5.07. The molecule has 0 aliphatic heterocycles. The van der Waals surface area contributed by atoms with Crippen LogP contribution in [0.1, 0.15) is 10.4 Å². The summed E-state index contributed by atoms with van der Waals surface area (Å²) in [7, 11) is 0. The summed E-state index contributed by atoms with van der Waals surface area (Å²) in [6.45, 7) is 0. The number of aromatic nitrogens is 2. The highest BCUT2D eigenvalue weighted by Crippen LogP contribution is 2.25. The van der Waals surface area contributed by atoms with Gasteiger partial charge < -0.3 is 0 Å². The molecule has 2 aromatic rings. The Bertz CT molecular complexity index is 615. The van der Waals surface area contributed by atoms with Gasteiger partial charge in [-0.15, -0.1) is 0 Å². The molecule has 92 valence electrons. The molecule has 0 fully saturated rings. The van der Waals surface area contributed by atoms with Crippen molar-refractivity contribution in [3.8, 4) is 0 Å². The van der Waals surface area contributed by atoms with E-state index in [4.69, 9.17) is 11.6 Å². The molecular formula is C9H5ClN4O3S. The van der Waals surface area contributed by atoms with Gasteiger partial charge in [-0.05, 0) is 17.4 Å². The molecule has 0 aliphatic carbocycles. The van der Waals surface area contributed by atoms with Gasteiger partial charge in [0.2, 0.25) is 0 Å². The zero-order chi connectivity index (χ0) is 13.1. The van der Waals surface area contributed by atoms with Crippen LogP contribution in [0, 0.1) is 10.1 Å². The van der Waals surface area contributed by atoms with Crippen molar-refractivity contribution < 1.29 is 9.72 Å². The molecular weight excluding hydrogens is 280 g/mol. The molecule has 0 aliphatic rings. The van der Waals surface area contributed by atoms with Gasteiger partial charge in [0.1, 0.15) is 6.20 Å². The molecule has 0 radical (unpaired) electrons. The van der Waals surface area contributed by atoms with E-state index in [2.05, 4.69) is 15.3 Å². The quantitative estimate of drug-likeness (QED) is 0.689. The second-order valence-electron chi connectivity index (χ2n) is 3.07. The molecule has 0 saturated carbocycles. The number of thiazole rings is 1. The number of halogens is 1. The third-order valence-electron chi connectivity index (χ3n) is 1.91. The van der Waals surface area contributed by atoms with Crippen LogP contribution >= 0.6 is 22.9 Å². The molecule has 1 amide bonds. The van der Waals surface area contributed by atoms with Crippen LogP contribution in [-0.2, 0) is 0 Å². The number of anilines is 1. The summed E-state index contributed by atoms with van der Waals surface area (Å²) >= 11 is 6.58. The molecule has 18 heavy (non-hydrogen) atoms. The predicted octanol–water partition coefficient (Wildman–Crippen LogP) is 2.35. The molecule has 7 nitrogen and oxygen atoms in total. The van der Waals surface area contributed by atoms with Crippen LogP contribution in [0.3, 0.4) is 0 Å². The molecule has 2 rings (SSSR count). The zero-order valence-electron chi connectivity index (χ0n) is 8.66. The van der Waals surface area contributed by atoms with E-state index in [1.54, 1.807) is 0 Å². The highest BCUT2D eigenvalue weighted by atomic mass is 35.5. The van der Waals surface area contributed by atoms with Crippen LogP contribution in [0.5, 0.6) is 0 Å². The number of rotatable bonds is 3. The average molecular weight is 285 g/mol. The minimum Gasteiger partial charge on any atom is -0.298 e. The van der Waals surface area contributed by atoms with Crippen molar-refractivity contribution in [2.75, 3.05) is 5.32 Å². The molecule has 9 heteroatoms. The average Bonchev–Trinajstić information content (AvgIpc) is 2.78. The number of nitrogens with zero attached hydrogens (tertiary/aromatic N) is 3. The molecule has 2 aromatic heterocycles. The van der Waals surface area contributed by atoms with E-state index >= 15 is 0 Å². The summed E-state index contributed by atoms with van der Waals surface area (Å²) < 4.78 is 0. The van der Waals surface area contributed by atoms with Crippen LogP contribution in [0.2, 0.25) is 5.02 Å². The van der Waals surface area contributed by atoms with Gasteiger partial charge in [-0.2, -0.15) is 0 Å². The smallest absolute Gasteiger partial charge is 0.298 e. The summed E-state index contributed by atoms with van der Waals surface area (Å²) in [5, 5.41) is 13.1. The number of carbonyl (C=O) groups excluding carboxylic acids is 1. The maximum Gasteiger partial charge on any atom is 0.345 e. The fraction of sp³-hybridized carbons (Fsp3) is 0. The fourth-order valence-electron chi connectivity index (χ4n) is 1.12. The van der Waals surface area contributed by atoms with Crippen molar-refractivity contribution in [2.24, 2.45) is 0 Å². The van der Waals surface area contributed by atoms with E-state index < -0.39 is 10.8 Å². The number of nitro groups is 1. The van der Waals surface area contributed by atoms with Gasteiger partial charge in [0.15, 0.2) is 5.13 Å². The summed E-state index contributed by atoms with van der Waals surface area (Å²) in [5.74, 6) is -0.516. The molecule has 0 aromatic carbocycles. The minimum atomic E-state index is -0.579. The minimum absolute atomic E-state index is 0.131. The fourth-order valence-corrected chi connectivity index (χ4v) is 1.93. The topological polar surface area (TPSA) is 98.0 Å². The van der Waals surface area contributed by atoms with Crippen LogP contribution in [-0.4, -0.2) is 20.8 Å². The number of hydrogen-bond acceptors (Lipinski definition) is 6. The van der Waals surface area contributed by atoms with Gasteiger partial charge in [-0.25, -0.2) is 4.98 Å². The first-order valence-corrected chi connectivity index (χ1v) is 5.78. The van der Waals surface area contributed by atoms with Crippen LogP contribution < -0.4 is 5.32 Å². The zero-order valence-corrected chi connectivity index (χ0v) is 10.2. The lowest BCUT2D eigenvalue weighted by Crippen LogP contribution is -2.12. The summed E-state index contributed by atoms with van der Waals surface area (Å²) in [5.41, 5.74) is 0.178. The Morgan fingerprint density at radius 1 is 1.50 bits per heavy atom. The van der Waals surface area contributed by atoms with Gasteiger partial charge in [0, 0.05) is 12.4 Å². The van der Waals surface area contributed by atoms with E-state index in [1.807, 2.05) is 0 Å². The Kier molecular flexibility index (Phi) is 3.49. The summed E-state index contributed by atoms with van der Waals surface area (Å²) in [6, 6.07) is 1.47. The van der Waals surface area contributed by atoms with Gasteiger partial charge in [-0.3, -0.25) is 25.2 Å². The normalized spacial score (nSPS) is 10.1. The van der Waals surface area contributed by atoms with E-state index in [9.17, 15) is 14.9 Å². The van der Waals surface area contributed by atoms with Gasteiger partial charge >= 0.3 is 5.00 Å². The maximum absolute atomic E-state index is 11.8. The SMILES string of the molecule is O=C(Nc1ncc([N+](=O)[O-])s1)c1cnccc1Cl. The lowest BCUT2D eigenvalue weighted by molar-refractivity contribution is -0.380. The highest BCUT2D eigenvalue weighted by Gasteiger charge is 2.15. The van der Waals surface area contributed by atoms with Crippen molar-refractivity contribution in [1.29, 1.82) is 0 Å². The van der Waals surface area contributed by atoms with Crippen molar-refractivity contribution in [2.45, 2.75) is 0 Å². The molecule has 0 atom stereocenters. The van der Waals surface area contributed by atoms with Crippen LogP contribution in [0.15, 0.2) is 24.7 Å². The van der Waals surface area contributed by atoms with E-state index in [0.29, 0.717) is 0 Å². The van der Waals surface area contributed by atoms with E-state index in [1.165, 1.54) is 18.5 Å². The van der Waals surface area contributed by atoms with Gasteiger partial charge in [-0.1, -0.05) is 11.6 Å². The first-order chi connectivity index (χ1) is 8.58. The highest BCUT2D eigenvalue weighted by molar-refractivity contribution is 7.18. The molecule has 0 spiro atoms. The van der Waals surface area contributed by atoms with Gasteiger partial charge in [0.05, 0.1) is 15.5 Å². The third kappa shape index (κ3) is 2.60. The number of pyridine rings is 1. The first kappa shape index (κ1) is 12.4. The number of amides is 1. The maximum atomic E-state index is 11.8. The standard InChI is InChI=1S/C9H5ClN4O3S/c10-6-1-2-11-3-5(6)8(15)13-9-12-4-7(18-9)14(16)17/h1-4H,(H,12,13,15). The Morgan fingerprint density at radius 2 is 2.28 bits per heavy atom. The molecule has 1 N–H and O–H groups in total. The molecule has 0 saturated heterocycles. The number of nitrogens with one attached hydrogen (secondary N) is 1. The Morgan fingerprint density at radius 3 is 2.89 bits per heavy atom. The number of carbonyl (C=O) groups is 1. The van der Waals surface area contributed by atoms with E-state index in [0.717, 1.165) is 17.5 Å².